The molecule has 158 valence electrons. The number of aromatic nitrogens is 4. The van der Waals surface area contributed by atoms with Crippen LogP contribution in [-0.2, 0) is 0 Å². The predicted octanol–water partition coefficient (Wildman–Crippen LogP) is 5.73. The molecule has 0 spiro atoms. The standard InChI is InChI=1S/C27H18N4O2/c32-27(33)21-9-6-12-24-26(21)29-17-31(24)25-15-19(13-14-20(25)18-7-2-1-3-8-18)30-16-28-22-10-4-5-11-23(22)30/h1-17H,(H,32,33). The maximum absolute atomic E-state index is 11.7. The maximum atomic E-state index is 11.7. The Kier molecular flexibility index (Phi) is 4.30. The minimum Gasteiger partial charge on any atom is -0.478 e. The normalized spacial score (nSPS) is 11.3. The molecular formula is C27H18N4O2. The van der Waals surface area contributed by atoms with Gasteiger partial charge in [0.1, 0.15) is 18.2 Å². The highest BCUT2D eigenvalue weighted by Gasteiger charge is 2.17. The van der Waals surface area contributed by atoms with Gasteiger partial charge >= 0.3 is 5.97 Å². The Morgan fingerprint density at radius 3 is 2.33 bits per heavy atom. The van der Waals surface area contributed by atoms with Crippen LogP contribution in [0.5, 0.6) is 0 Å². The van der Waals surface area contributed by atoms with Crippen LogP contribution in [0.25, 0.3) is 44.6 Å². The zero-order valence-electron chi connectivity index (χ0n) is 17.5. The molecule has 0 aliphatic rings. The lowest BCUT2D eigenvalue weighted by Crippen LogP contribution is -2.01. The number of rotatable bonds is 4. The number of hydrogen-bond donors (Lipinski definition) is 1. The molecule has 0 atom stereocenters. The van der Waals surface area contributed by atoms with E-state index < -0.39 is 5.97 Å². The molecule has 6 aromatic rings. The van der Waals surface area contributed by atoms with Gasteiger partial charge in [0.2, 0.25) is 0 Å². The molecule has 0 saturated heterocycles. The third-order valence-corrected chi connectivity index (χ3v) is 5.86. The predicted molar refractivity (Wildman–Crippen MR) is 128 cm³/mol. The van der Waals surface area contributed by atoms with Crippen molar-refractivity contribution >= 4 is 28.0 Å². The smallest absolute Gasteiger partial charge is 0.337 e. The minimum absolute atomic E-state index is 0.185. The molecule has 0 amide bonds. The van der Waals surface area contributed by atoms with Crippen LogP contribution in [0.4, 0.5) is 0 Å². The van der Waals surface area contributed by atoms with Crippen LogP contribution in [0.3, 0.4) is 0 Å². The number of benzene rings is 4. The first-order valence-electron chi connectivity index (χ1n) is 10.5. The fourth-order valence-corrected chi connectivity index (χ4v) is 4.30. The number of aromatic carboxylic acids is 1. The lowest BCUT2D eigenvalue weighted by Gasteiger charge is -2.15. The molecule has 0 aliphatic heterocycles. The maximum Gasteiger partial charge on any atom is 0.337 e. The van der Waals surface area contributed by atoms with E-state index in [0.717, 1.165) is 39.1 Å². The van der Waals surface area contributed by atoms with Gasteiger partial charge in [-0.1, -0.05) is 54.6 Å². The van der Waals surface area contributed by atoms with Crippen molar-refractivity contribution in [3.05, 3.63) is 109 Å². The van der Waals surface area contributed by atoms with E-state index in [9.17, 15) is 9.90 Å². The molecule has 6 heteroatoms. The summed E-state index contributed by atoms with van der Waals surface area (Å²) in [5.74, 6) is -0.993. The van der Waals surface area contributed by atoms with Gasteiger partial charge in [-0.25, -0.2) is 14.8 Å². The summed E-state index contributed by atoms with van der Waals surface area (Å²) in [6, 6.07) is 29.6. The van der Waals surface area contributed by atoms with Crippen LogP contribution in [0.2, 0.25) is 0 Å². The molecule has 0 saturated carbocycles. The molecule has 6 nitrogen and oxygen atoms in total. The second-order valence-corrected chi connectivity index (χ2v) is 7.76. The number of para-hydroxylation sites is 3. The van der Waals surface area contributed by atoms with Gasteiger partial charge in [0.05, 0.1) is 27.8 Å². The fraction of sp³-hybridized carbons (Fsp3) is 0. The van der Waals surface area contributed by atoms with Crippen molar-refractivity contribution in [2.45, 2.75) is 0 Å². The van der Waals surface area contributed by atoms with Crippen molar-refractivity contribution in [1.82, 2.24) is 19.1 Å². The molecule has 4 aromatic carbocycles. The van der Waals surface area contributed by atoms with Gasteiger partial charge < -0.3 is 5.11 Å². The Morgan fingerprint density at radius 1 is 0.727 bits per heavy atom. The number of hydrogen-bond acceptors (Lipinski definition) is 3. The highest BCUT2D eigenvalue weighted by molar-refractivity contribution is 6.01. The van der Waals surface area contributed by atoms with Crippen molar-refractivity contribution in [2.75, 3.05) is 0 Å². The van der Waals surface area contributed by atoms with Gasteiger partial charge in [-0.3, -0.25) is 9.13 Å². The summed E-state index contributed by atoms with van der Waals surface area (Å²) in [5, 5.41) is 9.61. The van der Waals surface area contributed by atoms with Crippen LogP contribution >= 0.6 is 0 Å². The Balaban J connectivity index is 1.63. The molecule has 0 fully saturated rings. The van der Waals surface area contributed by atoms with Crippen molar-refractivity contribution < 1.29 is 9.90 Å². The van der Waals surface area contributed by atoms with E-state index in [0.29, 0.717) is 5.52 Å². The quantitative estimate of drug-likeness (QED) is 0.388. The summed E-state index contributed by atoms with van der Waals surface area (Å²) in [6.07, 6.45) is 3.51. The summed E-state index contributed by atoms with van der Waals surface area (Å²) in [5.41, 5.74) is 7.25. The first-order chi connectivity index (χ1) is 16.2. The lowest BCUT2D eigenvalue weighted by molar-refractivity contribution is 0.0699. The van der Waals surface area contributed by atoms with Gasteiger partial charge in [0.25, 0.3) is 0 Å². The molecule has 6 rings (SSSR count). The Bertz CT molecular complexity index is 1650. The average molecular weight is 430 g/mol. The highest BCUT2D eigenvalue weighted by Crippen LogP contribution is 2.32. The van der Waals surface area contributed by atoms with E-state index in [1.807, 2.05) is 59.4 Å². The van der Waals surface area contributed by atoms with Crippen molar-refractivity contribution in [3.8, 4) is 22.5 Å². The number of nitrogens with zero attached hydrogens (tertiary/aromatic N) is 4. The van der Waals surface area contributed by atoms with Crippen LogP contribution < -0.4 is 0 Å². The Hall–Kier alpha value is -4.71. The zero-order chi connectivity index (χ0) is 22.4. The number of fused-ring (bicyclic) bond motifs is 2. The van der Waals surface area contributed by atoms with E-state index >= 15 is 0 Å². The number of imidazole rings is 2. The third kappa shape index (κ3) is 3.08. The Labute approximate surface area is 189 Å². The molecular weight excluding hydrogens is 412 g/mol. The van der Waals surface area contributed by atoms with Crippen LogP contribution in [0, 0.1) is 0 Å². The fourth-order valence-electron chi connectivity index (χ4n) is 4.30. The number of carboxylic acids is 1. The lowest BCUT2D eigenvalue weighted by atomic mass is 10.0. The molecule has 2 aromatic heterocycles. The number of carbonyl (C=O) groups is 1. The molecule has 1 N–H and O–H groups in total. The molecule has 2 heterocycles. The van der Waals surface area contributed by atoms with E-state index in [-0.39, 0.29) is 5.56 Å². The molecule has 0 unspecified atom stereocenters. The molecule has 0 radical (unpaired) electrons. The van der Waals surface area contributed by atoms with Gasteiger partial charge in [0, 0.05) is 11.3 Å². The second kappa shape index (κ2) is 7.46. The van der Waals surface area contributed by atoms with Gasteiger partial charge in [-0.15, -0.1) is 0 Å². The Morgan fingerprint density at radius 2 is 1.48 bits per heavy atom. The first-order valence-corrected chi connectivity index (χ1v) is 10.5. The largest absolute Gasteiger partial charge is 0.478 e. The summed E-state index contributed by atoms with van der Waals surface area (Å²) >= 11 is 0. The van der Waals surface area contributed by atoms with Gasteiger partial charge in [0.15, 0.2) is 0 Å². The second-order valence-electron chi connectivity index (χ2n) is 7.76. The van der Waals surface area contributed by atoms with Crippen LogP contribution in [-0.4, -0.2) is 30.2 Å². The van der Waals surface area contributed by atoms with Crippen LogP contribution in [0.1, 0.15) is 10.4 Å². The third-order valence-electron chi connectivity index (χ3n) is 5.86. The summed E-state index contributed by atoms with van der Waals surface area (Å²) in [7, 11) is 0. The van der Waals surface area contributed by atoms with Crippen molar-refractivity contribution in [1.29, 1.82) is 0 Å². The van der Waals surface area contributed by atoms with Gasteiger partial charge in [-0.2, -0.15) is 0 Å². The molecule has 33 heavy (non-hydrogen) atoms. The summed E-state index contributed by atoms with van der Waals surface area (Å²) in [6.45, 7) is 0. The van der Waals surface area contributed by atoms with Crippen molar-refractivity contribution in [2.24, 2.45) is 0 Å². The topological polar surface area (TPSA) is 72.9 Å². The molecule has 0 aliphatic carbocycles. The van der Waals surface area contributed by atoms with Crippen molar-refractivity contribution in [3.63, 3.8) is 0 Å². The molecule has 0 bridgehead atoms. The van der Waals surface area contributed by atoms with Crippen LogP contribution in [0.15, 0.2) is 104 Å². The average Bonchev–Trinajstić information content (AvgIpc) is 3.48. The van der Waals surface area contributed by atoms with E-state index in [1.54, 1.807) is 18.5 Å². The zero-order valence-corrected chi connectivity index (χ0v) is 17.5. The monoisotopic (exact) mass is 430 g/mol. The minimum atomic E-state index is -0.993. The van der Waals surface area contributed by atoms with Gasteiger partial charge in [-0.05, 0) is 42.0 Å². The first kappa shape index (κ1) is 19.0. The highest BCUT2D eigenvalue weighted by atomic mass is 16.4. The van der Waals surface area contributed by atoms with E-state index in [1.165, 1.54) is 0 Å². The number of carboxylic acid groups (broad SMARTS) is 1. The summed E-state index contributed by atoms with van der Waals surface area (Å²) in [4.78, 5) is 20.7. The summed E-state index contributed by atoms with van der Waals surface area (Å²) < 4.78 is 4.00. The van der Waals surface area contributed by atoms with E-state index in [2.05, 4.69) is 44.9 Å². The SMILES string of the molecule is O=C(O)c1cccc2c1ncn2-c1cc(-n2cnc3ccccc32)ccc1-c1ccccc1. The van der Waals surface area contributed by atoms with E-state index in [4.69, 9.17) is 0 Å².